The van der Waals surface area contributed by atoms with Crippen LogP contribution in [0.4, 0.5) is 0 Å². The van der Waals surface area contributed by atoms with Crippen molar-refractivity contribution in [3.05, 3.63) is 35.4 Å². The highest BCUT2D eigenvalue weighted by atomic mass is 35.5. The minimum absolute atomic E-state index is 0.0346. The van der Waals surface area contributed by atoms with Crippen LogP contribution < -0.4 is 0 Å². The Morgan fingerprint density at radius 2 is 2.11 bits per heavy atom. The molecule has 1 amide bonds. The Morgan fingerprint density at radius 3 is 2.72 bits per heavy atom. The van der Waals surface area contributed by atoms with Gasteiger partial charge in [0.2, 0.25) is 0 Å². The molecule has 2 atom stereocenters. The second-order valence-electron chi connectivity index (χ2n) is 4.69. The minimum Gasteiger partial charge on any atom is -0.330 e. The summed E-state index contributed by atoms with van der Waals surface area (Å²) in [4.78, 5) is 13.0. The molecule has 18 heavy (non-hydrogen) atoms. The highest BCUT2D eigenvalue weighted by Gasteiger charge is 2.35. The fraction of sp³-hybridized carbons (Fsp3) is 0.500. The molecule has 4 heteroatoms. The molecule has 2 rings (SSSR count). The average molecular weight is 286 g/mol. The Bertz CT molecular complexity index is 447. The molecule has 2 nitrogen and oxygen atoms in total. The van der Waals surface area contributed by atoms with Gasteiger partial charge in [-0.3, -0.25) is 4.79 Å². The van der Waals surface area contributed by atoms with Crippen LogP contribution in [0.5, 0.6) is 0 Å². The van der Waals surface area contributed by atoms with Gasteiger partial charge in [-0.25, -0.2) is 0 Å². The number of fused-ring (bicyclic) bond motifs is 1. The number of rotatable bonds is 2. The highest BCUT2D eigenvalue weighted by molar-refractivity contribution is 6.53. The van der Waals surface area contributed by atoms with E-state index in [1.54, 1.807) is 0 Å². The Morgan fingerprint density at radius 1 is 1.44 bits per heavy atom. The zero-order valence-electron chi connectivity index (χ0n) is 10.6. The van der Waals surface area contributed by atoms with Crippen molar-refractivity contribution in [2.24, 2.45) is 0 Å². The third-order valence-corrected chi connectivity index (χ3v) is 4.06. The lowest BCUT2D eigenvalue weighted by Crippen LogP contribution is -2.48. The first kappa shape index (κ1) is 13.7. The maximum atomic E-state index is 12.1. The summed E-state index contributed by atoms with van der Waals surface area (Å²) in [6.45, 7) is 4.12. The molecule has 1 heterocycles. The number of carbonyl (C=O) groups excluding carboxylic acids is 1. The van der Waals surface area contributed by atoms with E-state index >= 15 is 0 Å². The SMILES string of the molecule is CCC1Cc2ccccc2C(C)N1C(=O)C(Cl)Cl. The first-order chi connectivity index (χ1) is 8.56. The van der Waals surface area contributed by atoms with Crippen LogP contribution in [-0.2, 0) is 11.2 Å². The van der Waals surface area contributed by atoms with Crippen LogP contribution in [-0.4, -0.2) is 21.7 Å². The number of nitrogens with zero attached hydrogens (tertiary/aromatic N) is 1. The van der Waals surface area contributed by atoms with Gasteiger partial charge in [0.25, 0.3) is 5.91 Å². The van der Waals surface area contributed by atoms with Crippen LogP contribution in [0.1, 0.15) is 37.4 Å². The Hall–Kier alpha value is -0.730. The van der Waals surface area contributed by atoms with Gasteiger partial charge in [-0.15, -0.1) is 0 Å². The maximum Gasteiger partial charge on any atom is 0.256 e. The fourth-order valence-electron chi connectivity index (χ4n) is 2.77. The predicted molar refractivity (Wildman–Crippen MR) is 75.0 cm³/mol. The second-order valence-corrected chi connectivity index (χ2v) is 5.78. The minimum atomic E-state index is -0.980. The van der Waals surface area contributed by atoms with Gasteiger partial charge in [-0.1, -0.05) is 54.4 Å². The summed E-state index contributed by atoms with van der Waals surface area (Å²) in [5.41, 5.74) is 2.52. The Balaban J connectivity index is 2.39. The molecule has 0 saturated carbocycles. The molecule has 1 aromatic rings. The number of amides is 1. The average Bonchev–Trinajstić information content (AvgIpc) is 2.37. The molecule has 0 aromatic heterocycles. The highest BCUT2D eigenvalue weighted by Crippen LogP contribution is 2.35. The number of hydrogen-bond acceptors (Lipinski definition) is 1. The quantitative estimate of drug-likeness (QED) is 0.759. The smallest absolute Gasteiger partial charge is 0.256 e. The lowest BCUT2D eigenvalue weighted by Gasteiger charge is -2.42. The summed E-state index contributed by atoms with van der Waals surface area (Å²) < 4.78 is 0. The van der Waals surface area contributed by atoms with Gasteiger partial charge in [0.05, 0.1) is 6.04 Å². The largest absolute Gasteiger partial charge is 0.330 e. The van der Waals surface area contributed by atoms with Crippen molar-refractivity contribution in [3.8, 4) is 0 Å². The van der Waals surface area contributed by atoms with E-state index in [9.17, 15) is 4.79 Å². The summed E-state index contributed by atoms with van der Waals surface area (Å²) in [6, 6.07) is 8.47. The lowest BCUT2D eigenvalue weighted by atomic mass is 9.88. The van der Waals surface area contributed by atoms with E-state index in [0.717, 1.165) is 12.8 Å². The van der Waals surface area contributed by atoms with Crippen molar-refractivity contribution in [2.45, 2.75) is 43.6 Å². The topological polar surface area (TPSA) is 20.3 Å². The van der Waals surface area contributed by atoms with Gasteiger partial charge in [0, 0.05) is 6.04 Å². The summed E-state index contributed by atoms with van der Waals surface area (Å²) in [7, 11) is 0. The van der Waals surface area contributed by atoms with Gasteiger partial charge in [-0.05, 0) is 30.9 Å². The molecule has 1 aromatic carbocycles. The van der Waals surface area contributed by atoms with Crippen LogP contribution in [0.25, 0.3) is 0 Å². The molecular weight excluding hydrogens is 269 g/mol. The van der Waals surface area contributed by atoms with Crippen molar-refractivity contribution < 1.29 is 4.79 Å². The Kier molecular flexibility index (Phi) is 4.18. The van der Waals surface area contributed by atoms with Crippen molar-refractivity contribution in [3.63, 3.8) is 0 Å². The normalized spacial score (nSPS) is 23.1. The summed E-state index contributed by atoms with van der Waals surface area (Å²) >= 11 is 11.5. The summed E-state index contributed by atoms with van der Waals surface area (Å²) in [5.74, 6) is -0.188. The van der Waals surface area contributed by atoms with Crippen LogP contribution in [0.2, 0.25) is 0 Å². The van der Waals surface area contributed by atoms with Gasteiger partial charge in [0.1, 0.15) is 0 Å². The first-order valence-electron chi connectivity index (χ1n) is 6.24. The maximum absolute atomic E-state index is 12.1. The zero-order chi connectivity index (χ0) is 13.3. The monoisotopic (exact) mass is 285 g/mol. The predicted octanol–water partition coefficient (Wildman–Crippen LogP) is 3.71. The van der Waals surface area contributed by atoms with Crippen LogP contribution in [0.3, 0.4) is 0 Å². The molecule has 0 aliphatic carbocycles. The number of benzene rings is 1. The van der Waals surface area contributed by atoms with E-state index in [1.165, 1.54) is 11.1 Å². The number of carbonyl (C=O) groups is 1. The molecular formula is C14H17Cl2NO. The number of halogens is 2. The van der Waals surface area contributed by atoms with Crippen LogP contribution >= 0.6 is 23.2 Å². The molecule has 0 spiro atoms. The molecule has 2 unspecified atom stereocenters. The number of hydrogen-bond donors (Lipinski definition) is 0. The van der Waals surface area contributed by atoms with Crippen molar-refractivity contribution in [1.82, 2.24) is 4.90 Å². The van der Waals surface area contributed by atoms with E-state index in [0.29, 0.717) is 0 Å². The molecule has 1 aliphatic rings. The van der Waals surface area contributed by atoms with E-state index in [1.807, 2.05) is 24.0 Å². The number of alkyl halides is 2. The standard InChI is InChI=1S/C14H17Cl2NO/c1-3-11-8-10-6-4-5-7-12(10)9(2)17(11)14(18)13(15)16/h4-7,9,11,13H,3,8H2,1-2H3. The first-order valence-corrected chi connectivity index (χ1v) is 7.11. The molecule has 1 aliphatic heterocycles. The summed E-state index contributed by atoms with van der Waals surface area (Å²) in [5, 5.41) is 0. The van der Waals surface area contributed by atoms with E-state index in [-0.39, 0.29) is 18.0 Å². The summed E-state index contributed by atoms with van der Waals surface area (Å²) in [6.07, 6.45) is 1.79. The van der Waals surface area contributed by atoms with Gasteiger partial charge in [-0.2, -0.15) is 0 Å². The molecule has 0 saturated heterocycles. The third-order valence-electron chi connectivity index (χ3n) is 3.68. The van der Waals surface area contributed by atoms with Gasteiger partial charge >= 0.3 is 0 Å². The van der Waals surface area contributed by atoms with E-state index in [2.05, 4.69) is 19.1 Å². The molecule has 0 bridgehead atoms. The van der Waals surface area contributed by atoms with Gasteiger partial charge < -0.3 is 4.90 Å². The van der Waals surface area contributed by atoms with Crippen molar-refractivity contribution in [2.75, 3.05) is 0 Å². The van der Waals surface area contributed by atoms with Crippen molar-refractivity contribution >= 4 is 29.1 Å². The molecule has 0 fully saturated rings. The molecule has 98 valence electrons. The van der Waals surface area contributed by atoms with Crippen LogP contribution in [0, 0.1) is 0 Å². The molecule has 0 radical (unpaired) electrons. The van der Waals surface area contributed by atoms with Crippen molar-refractivity contribution in [1.29, 1.82) is 0 Å². The second kappa shape index (κ2) is 5.50. The van der Waals surface area contributed by atoms with E-state index < -0.39 is 4.84 Å². The third kappa shape index (κ3) is 2.36. The fourth-order valence-corrected chi connectivity index (χ4v) is 3.00. The van der Waals surface area contributed by atoms with Gasteiger partial charge in [0.15, 0.2) is 4.84 Å². The lowest BCUT2D eigenvalue weighted by molar-refractivity contribution is -0.134. The zero-order valence-corrected chi connectivity index (χ0v) is 12.1. The van der Waals surface area contributed by atoms with Crippen LogP contribution in [0.15, 0.2) is 24.3 Å². The van der Waals surface area contributed by atoms with E-state index in [4.69, 9.17) is 23.2 Å². The Labute approximate surface area is 118 Å². The molecule has 0 N–H and O–H groups in total.